The van der Waals surface area contributed by atoms with E-state index in [1.165, 1.54) is 0 Å². The quantitative estimate of drug-likeness (QED) is 0.0320. The normalized spacial score (nSPS) is 13.0. The van der Waals surface area contributed by atoms with Crippen LogP contribution in [0.5, 0.6) is 0 Å². The predicted octanol–water partition coefficient (Wildman–Crippen LogP) is 9.29. The van der Waals surface area contributed by atoms with Crippen LogP contribution in [0.4, 0.5) is 0 Å². The van der Waals surface area contributed by atoms with Crippen molar-refractivity contribution in [1.82, 2.24) is 0 Å². The minimum atomic E-state index is -4.82. The van der Waals surface area contributed by atoms with Crippen molar-refractivity contribution in [2.24, 2.45) is 23.7 Å². The predicted molar refractivity (Wildman–Crippen MR) is 199 cm³/mol. The van der Waals surface area contributed by atoms with E-state index in [2.05, 4.69) is 53.0 Å². The summed E-state index contributed by atoms with van der Waals surface area (Å²) in [4.78, 5) is 53.0. The fourth-order valence-corrected chi connectivity index (χ4v) is 14.1. The summed E-state index contributed by atoms with van der Waals surface area (Å²) in [6.07, 6.45) is 12.6. The minimum absolute atomic E-state index is 0.0489. The Morgan fingerprint density at radius 1 is 0.553 bits per heavy atom. The summed E-state index contributed by atoms with van der Waals surface area (Å²) in [6.45, 7) is 13.4. The van der Waals surface area contributed by atoms with Gasteiger partial charge in [-0.25, -0.2) is 0 Å². The zero-order chi connectivity index (χ0) is 35.5. The van der Waals surface area contributed by atoms with Gasteiger partial charge in [-0.1, -0.05) is 0 Å². The third kappa shape index (κ3) is 24.2. The molecule has 0 aromatic heterocycles. The second-order valence-electron chi connectivity index (χ2n) is 13.7. The average Bonchev–Trinajstić information content (AvgIpc) is 3.02. The Hall–Kier alpha value is -0.621. The van der Waals surface area contributed by atoms with Gasteiger partial charge in [0.2, 0.25) is 0 Å². The summed E-state index contributed by atoms with van der Waals surface area (Å²) in [5.74, 6) is -0.845. The molecule has 2 unspecified atom stereocenters. The number of rotatable bonds is 30. The van der Waals surface area contributed by atoms with Crippen LogP contribution < -0.4 is 0 Å². The molecule has 0 rings (SSSR count). The fourth-order valence-electron chi connectivity index (χ4n) is 5.08. The molecule has 0 N–H and O–H groups in total. The van der Waals surface area contributed by atoms with Gasteiger partial charge in [0.1, 0.15) is 0 Å². The second-order valence-corrected chi connectivity index (χ2v) is 23.7. The number of carbonyl (C=O) groups excluding carboxylic acids is 4. The van der Waals surface area contributed by atoms with Crippen LogP contribution in [0.1, 0.15) is 144 Å². The van der Waals surface area contributed by atoms with E-state index < -0.39 is 54.9 Å². The van der Waals surface area contributed by atoms with Gasteiger partial charge >= 0.3 is 305 Å². The molecule has 0 radical (unpaired) electrons. The van der Waals surface area contributed by atoms with E-state index in [-0.39, 0.29) is 21.7 Å². The Morgan fingerprint density at radius 2 is 0.915 bits per heavy atom. The first kappa shape index (κ1) is 46.4. The number of hydrogen-bond donors (Lipinski definition) is 2. The molecule has 0 fully saturated rings. The van der Waals surface area contributed by atoms with Gasteiger partial charge in [0.15, 0.2) is 0 Å². The van der Waals surface area contributed by atoms with E-state index in [0.717, 1.165) is 77.0 Å². The van der Waals surface area contributed by atoms with Crippen LogP contribution in [-0.4, -0.2) is 67.8 Å². The molecule has 0 aliphatic rings. The summed E-state index contributed by atoms with van der Waals surface area (Å²) in [5, 5.41) is 0. The molecule has 2 atom stereocenters. The first-order chi connectivity index (χ1) is 22.4. The van der Waals surface area contributed by atoms with Crippen molar-refractivity contribution in [3.63, 3.8) is 0 Å². The molecule has 8 nitrogen and oxygen atoms in total. The van der Waals surface area contributed by atoms with Gasteiger partial charge in [-0.3, -0.25) is 0 Å². The maximum absolute atomic E-state index is 13.7. The van der Waals surface area contributed by atoms with E-state index in [4.69, 9.17) is 15.6 Å². The van der Waals surface area contributed by atoms with Crippen molar-refractivity contribution in [1.29, 1.82) is 0 Å². The standard InChI is InChI=1S/2C11H22O2S.2C7H13O2.Sn/c2*1-9(2)6-4-3-5-7-10(8-14)11(12)13;2*1-3-5-6-9-7(8)4-2;/h2*9-10,14H,3-8H2,1-2H3,(H,12,13);2*2-6H2,1H3;/q;;;;+2/p-2. The maximum atomic E-state index is 13.7. The topological polar surface area (TPSA) is 105 Å². The van der Waals surface area contributed by atoms with E-state index >= 15 is 0 Å². The Morgan fingerprint density at radius 3 is 1.23 bits per heavy atom. The molecule has 0 saturated carbocycles. The SMILES string of the molecule is CCCCOC(=O)C[CH2][Sn]([CH2]CC(=O)OCCCC)([O]C(=O)C(CS)CCCCCC(C)C)[O]C(=O)C(CS)CCCCCC(C)C. The summed E-state index contributed by atoms with van der Waals surface area (Å²) in [5.41, 5.74) is 0. The zero-order valence-electron chi connectivity index (χ0n) is 30.5. The summed E-state index contributed by atoms with van der Waals surface area (Å²) in [6, 6.07) is 0. The molecule has 0 bridgehead atoms. The van der Waals surface area contributed by atoms with Gasteiger partial charge < -0.3 is 0 Å². The Labute approximate surface area is 303 Å². The van der Waals surface area contributed by atoms with Crippen LogP contribution in [0.15, 0.2) is 0 Å². The fraction of sp³-hybridized carbons (Fsp3) is 0.889. The van der Waals surface area contributed by atoms with Gasteiger partial charge in [-0.15, -0.1) is 0 Å². The monoisotopic (exact) mass is 812 g/mol. The third-order valence-electron chi connectivity index (χ3n) is 8.29. The van der Waals surface area contributed by atoms with Crippen molar-refractivity contribution in [2.45, 2.75) is 153 Å². The molecule has 276 valence electrons. The third-order valence-corrected chi connectivity index (χ3v) is 18.2. The molecular formula is C36H68O8S2Sn. The zero-order valence-corrected chi connectivity index (χ0v) is 35.2. The number of thiol groups is 2. The van der Waals surface area contributed by atoms with Gasteiger partial charge in [0.25, 0.3) is 0 Å². The number of unbranched alkanes of at least 4 members (excludes halogenated alkanes) is 6. The van der Waals surface area contributed by atoms with E-state index in [1.54, 1.807) is 0 Å². The molecule has 0 saturated heterocycles. The van der Waals surface area contributed by atoms with E-state index in [9.17, 15) is 19.2 Å². The summed E-state index contributed by atoms with van der Waals surface area (Å²) in [7, 11) is 0. The van der Waals surface area contributed by atoms with E-state index in [0.29, 0.717) is 49.4 Å². The van der Waals surface area contributed by atoms with Crippen molar-refractivity contribution in [2.75, 3.05) is 24.7 Å². The van der Waals surface area contributed by atoms with Crippen LogP contribution in [-0.2, 0) is 34.8 Å². The number of hydrogen-bond acceptors (Lipinski definition) is 10. The van der Waals surface area contributed by atoms with Gasteiger partial charge in [-0.05, 0) is 0 Å². The van der Waals surface area contributed by atoms with Crippen molar-refractivity contribution in [3.05, 3.63) is 0 Å². The molecule has 0 spiro atoms. The summed E-state index contributed by atoms with van der Waals surface area (Å²) >= 11 is 4.12. The second kappa shape index (κ2) is 29.1. The molecule has 0 aliphatic heterocycles. The van der Waals surface area contributed by atoms with Crippen molar-refractivity contribution >= 4 is 68.3 Å². The molecule has 0 aliphatic carbocycles. The Balaban J connectivity index is 6.08. The molecular weight excluding hydrogens is 743 g/mol. The van der Waals surface area contributed by atoms with Crippen LogP contribution >= 0.6 is 25.3 Å². The van der Waals surface area contributed by atoms with Crippen LogP contribution in [0.25, 0.3) is 0 Å². The first-order valence-electron chi connectivity index (χ1n) is 18.4. The van der Waals surface area contributed by atoms with Crippen LogP contribution in [0, 0.1) is 23.7 Å². The van der Waals surface area contributed by atoms with Gasteiger partial charge in [0.05, 0.1) is 0 Å². The molecule has 0 amide bonds. The number of ether oxygens (including phenoxy) is 2. The summed E-state index contributed by atoms with van der Waals surface area (Å²) < 4.78 is 23.6. The molecule has 47 heavy (non-hydrogen) atoms. The average molecular weight is 812 g/mol. The molecule has 0 aromatic carbocycles. The molecule has 11 heteroatoms. The van der Waals surface area contributed by atoms with Gasteiger partial charge in [-0.2, -0.15) is 0 Å². The number of esters is 2. The molecule has 0 aromatic rings. The molecule has 0 heterocycles. The Kier molecular flexibility index (Phi) is 28.8. The van der Waals surface area contributed by atoms with Gasteiger partial charge in [0, 0.05) is 0 Å². The van der Waals surface area contributed by atoms with Crippen molar-refractivity contribution in [3.8, 4) is 0 Å². The number of carbonyl (C=O) groups is 4. The first-order valence-corrected chi connectivity index (χ1v) is 26.0. The Bertz CT molecular complexity index is 787. The van der Waals surface area contributed by atoms with Crippen LogP contribution in [0.3, 0.4) is 0 Å². The van der Waals surface area contributed by atoms with Crippen molar-refractivity contribution < 1.29 is 34.8 Å². The van der Waals surface area contributed by atoms with E-state index in [1.807, 2.05) is 13.8 Å². The van der Waals surface area contributed by atoms with Crippen LogP contribution in [0.2, 0.25) is 8.87 Å².